The van der Waals surface area contributed by atoms with E-state index in [1.165, 1.54) is 44.9 Å². The standard InChI is InChI=1S/C31H62NO7P/c1-6-8-10-11-12-13-14-15-16-17-18-19-20-21-22-24-29(34)31(37-26-23-9-7-2)30(28-33)39-40(35,36)38-27-25-32(3,4)5/h15-16,30-31,33H,6-14,17-28H2,1-5H3/p+1/b16-15+/t30-,31?/m0/s1. The Kier molecular flexibility index (Phi) is 24.6. The molecular formula is C31H63NO7P+. The molecule has 0 saturated carbocycles. The number of likely N-dealkylation sites (N-methyl/N-ethyl adjacent to an activating group) is 1. The second-order valence-corrected chi connectivity index (χ2v) is 13.3. The molecule has 0 aliphatic heterocycles. The molecule has 8 nitrogen and oxygen atoms in total. The number of hydrogen-bond acceptors (Lipinski definition) is 6. The van der Waals surface area contributed by atoms with Crippen LogP contribution in [0.1, 0.15) is 123 Å². The number of quaternary nitrogens is 1. The average Bonchev–Trinajstić information content (AvgIpc) is 2.88. The monoisotopic (exact) mass is 592 g/mol. The van der Waals surface area contributed by atoms with Crippen molar-refractivity contribution in [2.45, 2.75) is 135 Å². The van der Waals surface area contributed by atoms with Gasteiger partial charge in [-0.15, -0.1) is 0 Å². The smallest absolute Gasteiger partial charge is 0.394 e. The first-order valence-electron chi connectivity index (χ1n) is 15.9. The van der Waals surface area contributed by atoms with E-state index in [2.05, 4.69) is 26.0 Å². The molecule has 0 bridgehead atoms. The van der Waals surface area contributed by atoms with Gasteiger partial charge in [0.15, 0.2) is 5.78 Å². The number of Topliss-reactive ketones (excluding diaryl/α,β-unsaturated/α-hetero) is 1. The van der Waals surface area contributed by atoms with Gasteiger partial charge in [-0.2, -0.15) is 0 Å². The van der Waals surface area contributed by atoms with Crippen LogP contribution in [0.25, 0.3) is 0 Å². The number of ketones is 1. The van der Waals surface area contributed by atoms with Crippen molar-refractivity contribution in [2.75, 3.05) is 47.5 Å². The van der Waals surface area contributed by atoms with E-state index in [1.54, 1.807) is 0 Å². The van der Waals surface area contributed by atoms with Crippen molar-refractivity contribution in [3.05, 3.63) is 12.2 Å². The van der Waals surface area contributed by atoms with Crippen molar-refractivity contribution in [2.24, 2.45) is 0 Å². The second-order valence-electron chi connectivity index (χ2n) is 11.9. The maximum atomic E-state index is 13.0. The summed E-state index contributed by atoms with van der Waals surface area (Å²) in [6.45, 7) is 4.56. The van der Waals surface area contributed by atoms with Crippen LogP contribution in [0, 0.1) is 0 Å². The van der Waals surface area contributed by atoms with E-state index in [9.17, 15) is 19.4 Å². The average molecular weight is 593 g/mol. The van der Waals surface area contributed by atoms with Crippen molar-refractivity contribution in [3.63, 3.8) is 0 Å². The molecule has 2 N–H and O–H groups in total. The van der Waals surface area contributed by atoms with Crippen LogP contribution in [0.3, 0.4) is 0 Å². The molecule has 0 saturated heterocycles. The SMILES string of the molecule is CCCCCCCC/C=C/CCCCCCCC(=O)C(OCCCCC)[C@H](CO)OP(=O)(O)OCC[N+](C)(C)C. The molecule has 0 fully saturated rings. The number of allylic oxidation sites excluding steroid dienone is 2. The number of hydrogen-bond donors (Lipinski definition) is 2. The number of carbonyl (C=O) groups excluding carboxylic acids is 1. The molecule has 3 atom stereocenters. The van der Waals surface area contributed by atoms with Crippen molar-refractivity contribution in [1.82, 2.24) is 0 Å². The fraction of sp³-hybridized carbons (Fsp3) is 0.903. The number of rotatable bonds is 29. The molecule has 0 radical (unpaired) electrons. The van der Waals surface area contributed by atoms with Gasteiger partial charge in [0.2, 0.25) is 0 Å². The lowest BCUT2D eigenvalue weighted by Gasteiger charge is -2.27. The van der Waals surface area contributed by atoms with Crippen molar-refractivity contribution >= 4 is 13.6 Å². The van der Waals surface area contributed by atoms with Gasteiger partial charge < -0.3 is 19.2 Å². The Balaban J connectivity index is 4.46. The molecule has 0 heterocycles. The lowest BCUT2D eigenvalue weighted by Crippen LogP contribution is -2.41. The minimum absolute atomic E-state index is 0.0142. The zero-order valence-corrected chi connectivity index (χ0v) is 27.4. The van der Waals surface area contributed by atoms with Crippen LogP contribution in [-0.2, 0) is 23.1 Å². The van der Waals surface area contributed by atoms with E-state index in [4.69, 9.17) is 13.8 Å². The normalized spacial score (nSPS) is 15.4. The highest BCUT2D eigenvalue weighted by atomic mass is 31.2. The Morgan fingerprint density at radius 2 is 1.32 bits per heavy atom. The summed E-state index contributed by atoms with van der Waals surface area (Å²) in [5.74, 6) is -0.209. The van der Waals surface area contributed by atoms with Crippen molar-refractivity contribution in [1.29, 1.82) is 0 Å². The van der Waals surface area contributed by atoms with Gasteiger partial charge in [-0.05, 0) is 38.5 Å². The molecule has 0 spiro atoms. The number of nitrogens with zero attached hydrogens (tertiary/aromatic N) is 1. The number of aliphatic hydroxyl groups excluding tert-OH is 1. The molecule has 0 aromatic heterocycles. The van der Waals surface area contributed by atoms with Crippen LogP contribution in [-0.4, -0.2) is 80.0 Å². The Bertz CT molecular complexity index is 681. The quantitative estimate of drug-likeness (QED) is 0.0405. The first kappa shape index (κ1) is 39.4. The Morgan fingerprint density at radius 3 is 1.88 bits per heavy atom. The van der Waals surface area contributed by atoms with Gasteiger partial charge in [0.25, 0.3) is 0 Å². The van der Waals surface area contributed by atoms with Crippen molar-refractivity contribution < 1.29 is 37.6 Å². The highest BCUT2D eigenvalue weighted by Crippen LogP contribution is 2.45. The van der Waals surface area contributed by atoms with E-state index < -0.39 is 26.6 Å². The summed E-state index contributed by atoms with van der Waals surface area (Å²) in [6.07, 6.45) is 20.6. The van der Waals surface area contributed by atoms with E-state index in [0.717, 1.165) is 57.8 Å². The summed E-state index contributed by atoms with van der Waals surface area (Å²) in [7, 11) is 1.36. The fourth-order valence-corrected chi connectivity index (χ4v) is 5.19. The third-order valence-electron chi connectivity index (χ3n) is 6.85. The lowest BCUT2D eigenvalue weighted by molar-refractivity contribution is -0.870. The Morgan fingerprint density at radius 1 is 0.800 bits per heavy atom. The summed E-state index contributed by atoms with van der Waals surface area (Å²) >= 11 is 0. The molecule has 9 heteroatoms. The minimum Gasteiger partial charge on any atom is -0.394 e. The summed E-state index contributed by atoms with van der Waals surface area (Å²) in [6, 6.07) is 0. The van der Waals surface area contributed by atoms with Gasteiger partial charge in [0.05, 0.1) is 27.7 Å². The fourth-order valence-electron chi connectivity index (χ4n) is 4.30. The van der Waals surface area contributed by atoms with E-state index >= 15 is 0 Å². The van der Waals surface area contributed by atoms with Crippen LogP contribution in [0.4, 0.5) is 0 Å². The lowest BCUT2D eigenvalue weighted by atomic mass is 10.0. The predicted molar refractivity (Wildman–Crippen MR) is 164 cm³/mol. The molecule has 0 rings (SSSR count). The van der Waals surface area contributed by atoms with E-state index in [1.807, 2.05) is 21.1 Å². The largest absolute Gasteiger partial charge is 0.472 e. The topological polar surface area (TPSA) is 102 Å². The number of phosphoric acid groups is 1. The molecule has 40 heavy (non-hydrogen) atoms. The van der Waals surface area contributed by atoms with Gasteiger partial charge in [-0.25, -0.2) is 4.57 Å². The van der Waals surface area contributed by atoms with Gasteiger partial charge in [-0.3, -0.25) is 13.8 Å². The second kappa shape index (κ2) is 24.9. The van der Waals surface area contributed by atoms with Crippen molar-refractivity contribution in [3.8, 4) is 0 Å². The molecule has 2 unspecified atom stereocenters. The maximum Gasteiger partial charge on any atom is 0.472 e. The predicted octanol–water partition coefficient (Wildman–Crippen LogP) is 7.37. The van der Waals surface area contributed by atoms with Gasteiger partial charge in [0, 0.05) is 13.0 Å². The van der Waals surface area contributed by atoms with Crippen LogP contribution < -0.4 is 0 Å². The first-order valence-corrected chi connectivity index (χ1v) is 17.4. The maximum absolute atomic E-state index is 13.0. The number of unbranched alkanes of at least 4 members (excludes halogenated alkanes) is 13. The van der Waals surface area contributed by atoms with Crippen LogP contribution in [0.15, 0.2) is 12.2 Å². The third kappa shape index (κ3) is 24.0. The number of phosphoric ester groups is 1. The number of ether oxygens (including phenoxy) is 1. The van der Waals surface area contributed by atoms with Gasteiger partial charge >= 0.3 is 7.82 Å². The zero-order chi connectivity index (χ0) is 30.1. The summed E-state index contributed by atoms with van der Waals surface area (Å²) in [5.41, 5.74) is 0. The minimum atomic E-state index is -4.46. The Hall–Kier alpha value is -0.600. The first-order chi connectivity index (χ1) is 19.1. The molecular weight excluding hydrogens is 529 g/mol. The zero-order valence-electron chi connectivity index (χ0n) is 26.5. The molecule has 0 amide bonds. The van der Waals surface area contributed by atoms with E-state index in [0.29, 0.717) is 17.6 Å². The Labute approximate surface area is 246 Å². The van der Waals surface area contributed by atoms with Crippen LogP contribution in [0.5, 0.6) is 0 Å². The molecule has 0 aliphatic rings. The van der Waals surface area contributed by atoms with Crippen LogP contribution >= 0.6 is 7.82 Å². The number of aliphatic hydroxyl groups is 1. The summed E-state index contributed by atoms with van der Waals surface area (Å²) < 4.78 is 29.2. The molecule has 0 aromatic rings. The van der Waals surface area contributed by atoms with Gasteiger partial charge in [-0.1, -0.05) is 90.2 Å². The highest BCUT2D eigenvalue weighted by molar-refractivity contribution is 7.47. The molecule has 0 aliphatic carbocycles. The number of carbonyl (C=O) groups is 1. The van der Waals surface area contributed by atoms with Crippen LogP contribution in [0.2, 0.25) is 0 Å². The molecule has 238 valence electrons. The van der Waals surface area contributed by atoms with Gasteiger partial charge in [0.1, 0.15) is 25.4 Å². The summed E-state index contributed by atoms with van der Waals surface area (Å²) in [5, 5.41) is 9.92. The molecule has 0 aromatic carbocycles. The van der Waals surface area contributed by atoms with E-state index in [-0.39, 0.29) is 18.8 Å². The highest BCUT2D eigenvalue weighted by Gasteiger charge is 2.36. The summed E-state index contributed by atoms with van der Waals surface area (Å²) in [4.78, 5) is 23.2. The third-order valence-corrected chi connectivity index (χ3v) is 7.90.